The summed E-state index contributed by atoms with van der Waals surface area (Å²) in [6, 6.07) is 3.58. The fourth-order valence-corrected chi connectivity index (χ4v) is 7.83. The number of nitrogens with zero attached hydrogens (tertiary/aromatic N) is 4. The van der Waals surface area contributed by atoms with Gasteiger partial charge in [0.05, 0.1) is 12.3 Å². The Morgan fingerprint density at radius 3 is 2.57 bits per heavy atom. The van der Waals surface area contributed by atoms with Crippen molar-refractivity contribution in [3.05, 3.63) is 12.1 Å². The second-order valence-electron chi connectivity index (χ2n) is 9.79. The van der Waals surface area contributed by atoms with E-state index in [0.717, 1.165) is 25.1 Å². The van der Waals surface area contributed by atoms with E-state index < -0.39 is 15.4 Å². The van der Waals surface area contributed by atoms with Gasteiger partial charge < -0.3 is 9.64 Å². The van der Waals surface area contributed by atoms with Crippen molar-refractivity contribution in [2.45, 2.75) is 52.1 Å². The average molecular weight is 437 g/mol. The van der Waals surface area contributed by atoms with Gasteiger partial charge in [0.2, 0.25) is 15.9 Å². The summed E-state index contributed by atoms with van der Waals surface area (Å²) in [6.07, 6.45) is 3.37. The number of ether oxygens (including phenoxy) is 1. The van der Waals surface area contributed by atoms with Crippen LogP contribution in [-0.4, -0.2) is 67.7 Å². The maximum absolute atomic E-state index is 13.4. The van der Waals surface area contributed by atoms with E-state index in [1.54, 1.807) is 6.07 Å². The number of piperidine rings is 1. The fraction of sp³-hybridized carbons (Fsp3) is 0.762. The predicted octanol–water partition coefficient (Wildman–Crippen LogP) is 2.11. The summed E-state index contributed by atoms with van der Waals surface area (Å²) in [5, 5.41) is 8.21. The Balaban J connectivity index is 1.45. The van der Waals surface area contributed by atoms with Crippen molar-refractivity contribution in [2.75, 3.05) is 37.8 Å². The molecule has 2 aliphatic carbocycles. The van der Waals surface area contributed by atoms with E-state index in [0.29, 0.717) is 31.2 Å². The van der Waals surface area contributed by atoms with Crippen molar-refractivity contribution in [1.82, 2.24) is 14.5 Å². The molecule has 3 aliphatic rings. The van der Waals surface area contributed by atoms with Crippen molar-refractivity contribution in [3.8, 4) is 5.88 Å². The summed E-state index contributed by atoms with van der Waals surface area (Å²) in [6.45, 7) is 4.90. The molecule has 1 aliphatic heterocycles. The lowest BCUT2D eigenvalue weighted by atomic mass is 9.70. The molecule has 1 aromatic heterocycles. The van der Waals surface area contributed by atoms with Crippen LogP contribution in [-0.2, 0) is 14.8 Å². The SMILES string of the molecule is CN(C)c1ccc(OC2CCCN(S(=O)(=O)CC34CCC(CC3=O)C4(C)C)C2)nn1. The van der Waals surface area contributed by atoms with E-state index in [9.17, 15) is 13.2 Å². The number of hydrogen-bond donors (Lipinski definition) is 0. The lowest BCUT2D eigenvalue weighted by molar-refractivity contribution is -0.128. The van der Waals surface area contributed by atoms with Crippen LogP contribution >= 0.6 is 0 Å². The highest BCUT2D eigenvalue weighted by atomic mass is 32.2. The van der Waals surface area contributed by atoms with Gasteiger partial charge in [0, 0.05) is 38.5 Å². The van der Waals surface area contributed by atoms with Gasteiger partial charge in [-0.05, 0) is 43.1 Å². The molecular formula is C21H32N4O4S. The highest BCUT2D eigenvalue weighted by Crippen LogP contribution is 2.64. The van der Waals surface area contributed by atoms with Crippen LogP contribution in [0, 0.1) is 16.7 Å². The topological polar surface area (TPSA) is 92.7 Å². The van der Waals surface area contributed by atoms with Crippen molar-refractivity contribution >= 4 is 21.6 Å². The molecule has 0 aromatic carbocycles. The monoisotopic (exact) mass is 436 g/mol. The van der Waals surface area contributed by atoms with Crippen LogP contribution in [0.25, 0.3) is 0 Å². The smallest absolute Gasteiger partial charge is 0.233 e. The normalized spacial score (nSPS) is 31.1. The minimum atomic E-state index is -3.57. The van der Waals surface area contributed by atoms with Gasteiger partial charge in [-0.2, -0.15) is 4.31 Å². The summed E-state index contributed by atoms with van der Waals surface area (Å²) >= 11 is 0. The Kier molecular flexibility index (Phi) is 5.33. The lowest BCUT2D eigenvalue weighted by Crippen LogP contribution is -2.50. The molecule has 3 atom stereocenters. The first kappa shape index (κ1) is 21.5. The molecule has 0 N–H and O–H groups in total. The Labute approximate surface area is 179 Å². The van der Waals surface area contributed by atoms with Crippen LogP contribution in [0.2, 0.25) is 0 Å². The second kappa shape index (κ2) is 7.44. The molecule has 3 fully saturated rings. The van der Waals surface area contributed by atoms with E-state index in [-0.39, 0.29) is 29.6 Å². The molecule has 2 bridgehead atoms. The molecule has 1 aromatic rings. The number of carbonyl (C=O) groups is 1. The molecule has 3 unspecified atom stereocenters. The Bertz CT molecular complexity index is 915. The van der Waals surface area contributed by atoms with Gasteiger partial charge in [-0.3, -0.25) is 4.79 Å². The third-order valence-corrected chi connectivity index (χ3v) is 9.65. The predicted molar refractivity (Wildman–Crippen MR) is 114 cm³/mol. The maximum Gasteiger partial charge on any atom is 0.233 e. The fourth-order valence-electron chi connectivity index (χ4n) is 5.55. The number of ketones is 1. The van der Waals surface area contributed by atoms with Gasteiger partial charge >= 0.3 is 0 Å². The first-order chi connectivity index (χ1) is 14.0. The van der Waals surface area contributed by atoms with Gasteiger partial charge in [0.15, 0.2) is 5.82 Å². The first-order valence-electron chi connectivity index (χ1n) is 10.7. The zero-order chi connectivity index (χ0) is 21.7. The first-order valence-corrected chi connectivity index (χ1v) is 12.3. The van der Waals surface area contributed by atoms with Crippen LogP contribution in [0.4, 0.5) is 5.82 Å². The zero-order valence-electron chi connectivity index (χ0n) is 18.3. The van der Waals surface area contributed by atoms with E-state index in [2.05, 4.69) is 24.0 Å². The number of sulfonamides is 1. The van der Waals surface area contributed by atoms with Crippen LogP contribution in [0.1, 0.15) is 46.0 Å². The van der Waals surface area contributed by atoms with Gasteiger partial charge in [0.25, 0.3) is 0 Å². The molecule has 1 saturated heterocycles. The maximum atomic E-state index is 13.4. The highest BCUT2D eigenvalue weighted by Gasteiger charge is 2.65. The van der Waals surface area contributed by atoms with Gasteiger partial charge in [0.1, 0.15) is 11.9 Å². The van der Waals surface area contributed by atoms with E-state index in [4.69, 9.17) is 4.74 Å². The third kappa shape index (κ3) is 3.49. The molecule has 0 spiro atoms. The van der Waals surface area contributed by atoms with E-state index in [1.807, 2.05) is 25.1 Å². The molecule has 2 heterocycles. The van der Waals surface area contributed by atoms with Gasteiger partial charge in [-0.1, -0.05) is 13.8 Å². The molecule has 9 heteroatoms. The zero-order valence-corrected chi connectivity index (χ0v) is 19.1. The van der Waals surface area contributed by atoms with E-state index >= 15 is 0 Å². The lowest BCUT2D eigenvalue weighted by Gasteiger charge is -2.39. The second-order valence-corrected chi connectivity index (χ2v) is 11.8. The summed E-state index contributed by atoms with van der Waals surface area (Å²) in [7, 11) is 0.204. The summed E-state index contributed by atoms with van der Waals surface area (Å²) in [4.78, 5) is 14.6. The average Bonchev–Trinajstić information content (AvgIpc) is 3.03. The number of rotatable bonds is 6. The van der Waals surface area contributed by atoms with Crippen LogP contribution in [0.5, 0.6) is 5.88 Å². The number of aromatic nitrogens is 2. The molecule has 2 saturated carbocycles. The van der Waals surface area contributed by atoms with Crippen LogP contribution < -0.4 is 9.64 Å². The van der Waals surface area contributed by atoms with Gasteiger partial charge in [-0.15, -0.1) is 10.2 Å². The quantitative estimate of drug-likeness (QED) is 0.674. The molecule has 0 radical (unpaired) electrons. The third-order valence-electron chi connectivity index (χ3n) is 7.67. The van der Waals surface area contributed by atoms with Gasteiger partial charge in [-0.25, -0.2) is 8.42 Å². The highest BCUT2D eigenvalue weighted by molar-refractivity contribution is 7.89. The van der Waals surface area contributed by atoms with Crippen LogP contribution in [0.15, 0.2) is 12.1 Å². The standard InChI is InChI=1S/C21H32N4O4S/c1-20(2)15-9-10-21(20,17(26)12-15)14-30(27,28)25-11-5-6-16(13-25)29-19-8-7-18(22-23-19)24(3)4/h7-8,15-16H,5-6,9-14H2,1-4H3. The largest absolute Gasteiger partial charge is 0.472 e. The summed E-state index contributed by atoms with van der Waals surface area (Å²) in [5.41, 5.74) is -0.996. The minimum absolute atomic E-state index is 0.0770. The van der Waals surface area contributed by atoms with Crippen molar-refractivity contribution in [1.29, 1.82) is 0 Å². The Morgan fingerprint density at radius 1 is 1.23 bits per heavy atom. The van der Waals surface area contributed by atoms with Crippen molar-refractivity contribution in [3.63, 3.8) is 0 Å². The Hall–Kier alpha value is -1.74. The number of Topliss-reactive ketones (excluding diaryl/α,β-unsaturated/α-hetero) is 1. The number of carbonyl (C=O) groups excluding carboxylic acids is 1. The summed E-state index contributed by atoms with van der Waals surface area (Å²) in [5.74, 6) is 1.49. The van der Waals surface area contributed by atoms with Crippen LogP contribution in [0.3, 0.4) is 0 Å². The molecule has 30 heavy (non-hydrogen) atoms. The molecule has 166 valence electrons. The molecule has 0 amide bonds. The minimum Gasteiger partial charge on any atom is -0.472 e. The molecule has 4 rings (SSSR count). The van der Waals surface area contributed by atoms with Crippen molar-refractivity contribution < 1.29 is 17.9 Å². The number of hydrogen-bond acceptors (Lipinski definition) is 7. The number of fused-ring (bicyclic) bond motifs is 2. The molecule has 8 nitrogen and oxygen atoms in total. The van der Waals surface area contributed by atoms with Crippen molar-refractivity contribution in [2.24, 2.45) is 16.7 Å². The summed E-state index contributed by atoms with van der Waals surface area (Å²) < 4.78 is 34.2. The number of anilines is 1. The Morgan fingerprint density at radius 2 is 2.00 bits per heavy atom. The van der Waals surface area contributed by atoms with E-state index in [1.165, 1.54) is 4.31 Å². The molecular weight excluding hydrogens is 404 g/mol.